The van der Waals surface area contributed by atoms with Crippen LogP contribution in [0.25, 0.3) is 0 Å². The van der Waals surface area contributed by atoms with Crippen molar-refractivity contribution in [1.29, 1.82) is 0 Å². The van der Waals surface area contributed by atoms with Crippen molar-refractivity contribution in [3.63, 3.8) is 0 Å². The number of hydrogen-bond donors (Lipinski definition) is 1. The predicted octanol–water partition coefficient (Wildman–Crippen LogP) is 4.99. The number of nitrogens with one attached hydrogen (secondary N) is 1. The Morgan fingerprint density at radius 2 is 1.89 bits per heavy atom. The van der Waals surface area contributed by atoms with Crippen molar-refractivity contribution >= 4 is 11.6 Å². The van der Waals surface area contributed by atoms with Gasteiger partial charge in [-0.25, -0.2) is 0 Å². The minimum atomic E-state index is -0.196. The van der Waals surface area contributed by atoms with Gasteiger partial charge in [0.05, 0.1) is 18.8 Å². The highest BCUT2D eigenvalue weighted by Crippen LogP contribution is 2.42. The molecule has 2 aliphatic rings. The van der Waals surface area contributed by atoms with Crippen LogP contribution in [0.2, 0.25) is 0 Å². The van der Waals surface area contributed by atoms with E-state index in [1.54, 1.807) is 0 Å². The van der Waals surface area contributed by atoms with Gasteiger partial charge in [0.15, 0.2) is 11.5 Å². The summed E-state index contributed by atoms with van der Waals surface area (Å²) in [7, 11) is 0. The van der Waals surface area contributed by atoms with Crippen molar-refractivity contribution in [2.45, 2.75) is 51.7 Å². The summed E-state index contributed by atoms with van der Waals surface area (Å²) in [5.74, 6) is 1.60. The van der Waals surface area contributed by atoms with E-state index in [2.05, 4.69) is 12.2 Å². The molecule has 0 radical (unpaired) electrons. The molecule has 0 bridgehead atoms. The highest BCUT2D eigenvalue weighted by Gasteiger charge is 2.42. The largest absolute Gasteiger partial charge is 0.490 e. The normalized spacial score (nSPS) is 18.4. The lowest BCUT2D eigenvalue weighted by Gasteiger charge is -2.38. The van der Waals surface area contributed by atoms with E-state index in [0.29, 0.717) is 19.3 Å². The van der Waals surface area contributed by atoms with Crippen LogP contribution in [0.3, 0.4) is 0 Å². The molecule has 1 N–H and O–H groups in total. The van der Waals surface area contributed by atoms with E-state index >= 15 is 0 Å². The summed E-state index contributed by atoms with van der Waals surface area (Å²) in [5, 5.41) is 3.56. The molecule has 5 heteroatoms. The highest BCUT2D eigenvalue weighted by atomic mass is 16.5. The maximum Gasteiger partial charge on any atom is 0.258 e. The molecule has 0 saturated heterocycles. The zero-order chi connectivity index (χ0) is 19.5. The van der Waals surface area contributed by atoms with Crippen molar-refractivity contribution in [3.8, 4) is 11.5 Å². The van der Waals surface area contributed by atoms with Crippen molar-refractivity contribution in [1.82, 2.24) is 4.90 Å². The van der Waals surface area contributed by atoms with Gasteiger partial charge in [0, 0.05) is 11.7 Å². The Balaban J connectivity index is 1.66. The van der Waals surface area contributed by atoms with Crippen LogP contribution in [0.1, 0.15) is 61.6 Å². The Morgan fingerprint density at radius 1 is 1.07 bits per heavy atom. The molecule has 0 unspecified atom stereocenters. The molecule has 1 atom stereocenters. The molecule has 1 amide bonds. The van der Waals surface area contributed by atoms with E-state index in [0.717, 1.165) is 54.0 Å². The number of amides is 1. The molecule has 28 heavy (non-hydrogen) atoms. The van der Waals surface area contributed by atoms with Crippen LogP contribution in [0.5, 0.6) is 11.5 Å². The fourth-order valence-electron chi connectivity index (χ4n) is 3.65. The molecule has 1 aliphatic heterocycles. The summed E-state index contributed by atoms with van der Waals surface area (Å²) in [5.41, 5.74) is 2.65. The standard InChI is InChI=1S/C23H28N2O3/c1-3-5-14-28-20-13-10-16(15-21(20)27-4-2)22-24-19-9-7-6-8-18(19)23(26)25(22)17-11-12-17/h6-10,13,15,17,22,24H,3-5,11-12,14H2,1-2H3/t22-/m1/s1. The second kappa shape index (κ2) is 8.13. The van der Waals surface area contributed by atoms with Gasteiger partial charge in [0.1, 0.15) is 6.17 Å². The minimum absolute atomic E-state index is 0.100. The first-order valence-electron chi connectivity index (χ1n) is 10.3. The SMILES string of the molecule is CCCCOc1ccc([C@@H]2Nc3ccccc3C(=O)N2C2CC2)cc1OCC. The van der Waals surface area contributed by atoms with Crippen molar-refractivity contribution in [2.75, 3.05) is 18.5 Å². The van der Waals surface area contributed by atoms with Gasteiger partial charge in [-0.15, -0.1) is 0 Å². The summed E-state index contributed by atoms with van der Waals surface area (Å²) >= 11 is 0. The van der Waals surface area contributed by atoms with E-state index in [1.807, 2.05) is 54.3 Å². The zero-order valence-corrected chi connectivity index (χ0v) is 16.6. The average Bonchev–Trinajstić information content (AvgIpc) is 3.54. The van der Waals surface area contributed by atoms with Gasteiger partial charge in [0.2, 0.25) is 0 Å². The van der Waals surface area contributed by atoms with Crippen LogP contribution >= 0.6 is 0 Å². The lowest BCUT2D eigenvalue weighted by molar-refractivity contribution is 0.0666. The van der Waals surface area contributed by atoms with Gasteiger partial charge in [0.25, 0.3) is 5.91 Å². The van der Waals surface area contributed by atoms with Crippen LogP contribution < -0.4 is 14.8 Å². The number of nitrogens with zero attached hydrogens (tertiary/aromatic N) is 1. The van der Waals surface area contributed by atoms with E-state index in [-0.39, 0.29) is 12.1 Å². The third-order valence-electron chi connectivity index (χ3n) is 5.24. The van der Waals surface area contributed by atoms with Gasteiger partial charge in [-0.05, 0) is 56.0 Å². The number of ether oxygens (including phenoxy) is 2. The van der Waals surface area contributed by atoms with Crippen LogP contribution in [-0.4, -0.2) is 30.1 Å². The molecule has 0 aromatic heterocycles. The molecular weight excluding hydrogens is 352 g/mol. The van der Waals surface area contributed by atoms with Crippen LogP contribution in [-0.2, 0) is 0 Å². The minimum Gasteiger partial charge on any atom is -0.490 e. The van der Waals surface area contributed by atoms with E-state index in [4.69, 9.17) is 9.47 Å². The van der Waals surface area contributed by atoms with E-state index < -0.39 is 0 Å². The summed E-state index contributed by atoms with van der Waals surface area (Å²) in [4.78, 5) is 15.2. The fourth-order valence-corrected chi connectivity index (χ4v) is 3.65. The van der Waals surface area contributed by atoms with Gasteiger partial charge in [-0.3, -0.25) is 4.79 Å². The Hall–Kier alpha value is -2.69. The summed E-state index contributed by atoms with van der Waals surface area (Å²) in [6.45, 7) is 5.36. The summed E-state index contributed by atoms with van der Waals surface area (Å²) < 4.78 is 11.8. The number of carbonyl (C=O) groups excluding carboxylic acids is 1. The second-order valence-corrected chi connectivity index (χ2v) is 7.38. The van der Waals surface area contributed by atoms with Crippen molar-refractivity contribution in [3.05, 3.63) is 53.6 Å². The summed E-state index contributed by atoms with van der Waals surface area (Å²) in [6.07, 6.45) is 4.02. The maximum atomic E-state index is 13.2. The monoisotopic (exact) mass is 380 g/mol. The highest BCUT2D eigenvalue weighted by molar-refractivity contribution is 6.02. The van der Waals surface area contributed by atoms with Crippen LogP contribution in [0.15, 0.2) is 42.5 Å². The number of benzene rings is 2. The Labute approximate surface area is 166 Å². The topological polar surface area (TPSA) is 50.8 Å². The molecular formula is C23H28N2O3. The Bertz CT molecular complexity index is 847. The molecule has 1 aliphatic carbocycles. The molecule has 5 nitrogen and oxygen atoms in total. The quantitative estimate of drug-likeness (QED) is 0.655. The van der Waals surface area contributed by atoms with E-state index in [1.165, 1.54) is 0 Å². The zero-order valence-electron chi connectivity index (χ0n) is 16.6. The number of unbranched alkanes of at least 4 members (excludes halogenated alkanes) is 1. The first-order chi connectivity index (χ1) is 13.7. The molecule has 1 heterocycles. The molecule has 0 spiro atoms. The number of hydrogen-bond acceptors (Lipinski definition) is 4. The van der Waals surface area contributed by atoms with E-state index in [9.17, 15) is 4.79 Å². The first-order valence-corrected chi connectivity index (χ1v) is 10.3. The third-order valence-corrected chi connectivity index (χ3v) is 5.24. The number of fused-ring (bicyclic) bond motifs is 1. The number of para-hydroxylation sites is 1. The Kier molecular flexibility index (Phi) is 5.42. The molecule has 1 saturated carbocycles. The second-order valence-electron chi connectivity index (χ2n) is 7.38. The van der Waals surface area contributed by atoms with Crippen LogP contribution in [0.4, 0.5) is 5.69 Å². The van der Waals surface area contributed by atoms with Crippen molar-refractivity contribution < 1.29 is 14.3 Å². The van der Waals surface area contributed by atoms with Gasteiger partial charge in [-0.1, -0.05) is 31.5 Å². The maximum absolute atomic E-state index is 13.2. The number of rotatable bonds is 8. The smallest absolute Gasteiger partial charge is 0.258 e. The summed E-state index contributed by atoms with van der Waals surface area (Å²) in [6, 6.07) is 14.1. The lowest BCUT2D eigenvalue weighted by Crippen LogP contribution is -2.44. The average molecular weight is 380 g/mol. The van der Waals surface area contributed by atoms with Gasteiger partial charge in [-0.2, -0.15) is 0 Å². The van der Waals surface area contributed by atoms with Gasteiger partial charge >= 0.3 is 0 Å². The fraction of sp³-hybridized carbons (Fsp3) is 0.435. The molecule has 2 aromatic carbocycles. The number of anilines is 1. The van der Waals surface area contributed by atoms with Crippen molar-refractivity contribution in [2.24, 2.45) is 0 Å². The van der Waals surface area contributed by atoms with Crippen LogP contribution in [0, 0.1) is 0 Å². The van der Waals surface area contributed by atoms with Gasteiger partial charge < -0.3 is 19.7 Å². The molecule has 4 rings (SSSR count). The third kappa shape index (κ3) is 3.66. The predicted molar refractivity (Wildman–Crippen MR) is 110 cm³/mol. The molecule has 1 fully saturated rings. The molecule has 148 valence electrons. The Morgan fingerprint density at radius 3 is 2.64 bits per heavy atom. The number of carbonyl (C=O) groups is 1. The lowest BCUT2D eigenvalue weighted by atomic mass is 10.0. The molecule has 2 aromatic rings. The first kappa shape index (κ1) is 18.7.